The van der Waals surface area contributed by atoms with Crippen LogP contribution in [0.2, 0.25) is 0 Å². The molecule has 2 atom stereocenters. The van der Waals surface area contributed by atoms with Gasteiger partial charge in [-0.25, -0.2) is 0 Å². The quantitative estimate of drug-likeness (QED) is 0.553. The lowest BCUT2D eigenvalue weighted by atomic mass is 10.2. The molecule has 0 aliphatic rings. The second kappa shape index (κ2) is 7.00. The van der Waals surface area contributed by atoms with Gasteiger partial charge in [-0.05, 0) is 20.3 Å². The Morgan fingerprint density at radius 1 is 1.40 bits per heavy atom. The zero-order valence-electron chi connectivity index (χ0n) is 9.06. The molecule has 5 nitrogen and oxygen atoms in total. The summed E-state index contributed by atoms with van der Waals surface area (Å²) in [5.74, 6) is -1.06. The summed E-state index contributed by atoms with van der Waals surface area (Å²) in [5.41, 5.74) is 5.37. The highest BCUT2D eigenvalue weighted by atomic mass is 16.4. The van der Waals surface area contributed by atoms with Crippen LogP contribution in [0.15, 0.2) is 12.2 Å². The maximum absolute atomic E-state index is 11.1. The zero-order valence-corrected chi connectivity index (χ0v) is 9.06. The first-order chi connectivity index (χ1) is 6.93. The first-order valence-electron chi connectivity index (χ1n) is 4.86. The Morgan fingerprint density at radius 3 is 2.47 bits per heavy atom. The molecule has 5 heteroatoms. The highest BCUT2D eigenvalue weighted by Gasteiger charge is 2.09. The summed E-state index contributed by atoms with van der Waals surface area (Å²) in [5, 5.41) is 11.1. The minimum absolute atomic E-state index is 0.00789. The van der Waals surface area contributed by atoms with Crippen molar-refractivity contribution in [2.75, 3.05) is 0 Å². The summed E-state index contributed by atoms with van der Waals surface area (Å²) >= 11 is 0. The third kappa shape index (κ3) is 7.69. The van der Waals surface area contributed by atoms with Gasteiger partial charge in [0, 0.05) is 6.04 Å². The zero-order chi connectivity index (χ0) is 11.8. The summed E-state index contributed by atoms with van der Waals surface area (Å²) in [6.07, 6.45) is 3.91. The standard InChI is InChI=1S/C10H18N2O3/c1-7(12-10(15)8(2)11)5-3-4-6-9(13)14/h3-4,7-8H,5-6,11H2,1-2H3,(H,12,15)(H,13,14)/t7?,8-/m0/s1. The SMILES string of the molecule is CC(CC=CCC(=O)O)NC(=O)[C@H](C)N. The minimum Gasteiger partial charge on any atom is -0.481 e. The van der Waals surface area contributed by atoms with Gasteiger partial charge in [-0.15, -0.1) is 0 Å². The Bertz CT molecular complexity index is 249. The Balaban J connectivity index is 3.75. The van der Waals surface area contributed by atoms with Crippen molar-refractivity contribution in [1.29, 1.82) is 0 Å². The highest BCUT2D eigenvalue weighted by molar-refractivity contribution is 5.81. The number of carbonyl (C=O) groups excluding carboxylic acids is 1. The van der Waals surface area contributed by atoms with Crippen molar-refractivity contribution in [2.45, 2.75) is 38.8 Å². The van der Waals surface area contributed by atoms with Crippen LogP contribution in [0.4, 0.5) is 0 Å². The van der Waals surface area contributed by atoms with Gasteiger partial charge in [-0.3, -0.25) is 9.59 Å². The number of carboxylic acids is 1. The highest BCUT2D eigenvalue weighted by Crippen LogP contribution is 1.94. The van der Waals surface area contributed by atoms with E-state index in [1.54, 1.807) is 19.1 Å². The van der Waals surface area contributed by atoms with Gasteiger partial charge in [0.2, 0.25) is 5.91 Å². The minimum atomic E-state index is -0.862. The fraction of sp³-hybridized carbons (Fsp3) is 0.600. The molecule has 0 saturated carbocycles. The van der Waals surface area contributed by atoms with Crippen LogP contribution in [0.5, 0.6) is 0 Å². The Kier molecular flexibility index (Phi) is 6.37. The second-order valence-corrected chi connectivity index (χ2v) is 3.50. The van der Waals surface area contributed by atoms with E-state index >= 15 is 0 Å². The first kappa shape index (κ1) is 13.6. The van der Waals surface area contributed by atoms with E-state index in [9.17, 15) is 9.59 Å². The molecule has 0 aromatic heterocycles. The first-order valence-corrected chi connectivity index (χ1v) is 4.86. The fourth-order valence-electron chi connectivity index (χ4n) is 0.918. The van der Waals surface area contributed by atoms with Gasteiger partial charge in [-0.1, -0.05) is 12.2 Å². The number of nitrogens with one attached hydrogen (secondary N) is 1. The third-order valence-corrected chi connectivity index (χ3v) is 1.75. The number of amides is 1. The van der Waals surface area contributed by atoms with Crippen LogP contribution in [-0.2, 0) is 9.59 Å². The van der Waals surface area contributed by atoms with Crippen LogP contribution in [0, 0.1) is 0 Å². The molecule has 0 heterocycles. The maximum atomic E-state index is 11.1. The Labute approximate surface area is 89.3 Å². The molecule has 1 unspecified atom stereocenters. The lowest BCUT2D eigenvalue weighted by molar-refractivity contribution is -0.136. The third-order valence-electron chi connectivity index (χ3n) is 1.75. The molecule has 0 fully saturated rings. The van der Waals surface area contributed by atoms with E-state index in [4.69, 9.17) is 10.8 Å². The molecule has 86 valence electrons. The predicted octanol–water partition coefficient (Wildman–Crippen LogP) is 0.259. The van der Waals surface area contributed by atoms with Crippen LogP contribution in [0.3, 0.4) is 0 Å². The van der Waals surface area contributed by atoms with Gasteiger partial charge in [-0.2, -0.15) is 0 Å². The average molecular weight is 214 g/mol. The topological polar surface area (TPSA) is 92.4 Å². The van der Waals surface area contributed by atoms with Crippen molar-refractivity contribution in [2.24, 2.45) is 5.73 Å². The van der Waals surface area contributed by atoms with Crippen LogP contribution in [0.1, 0.15) is 26.7 Å². The molecule has 15 heavy (non-hydrogen) atoms. The van der Waals surface area contributed by atoms with E-state index in [1.165, 1.54) is 0 Å². The Morgan fingerprint density at radius 2 is 2.00 bits per heavy atom. The molecule has 1 amide bonds. The molecule has 0 aliphatic heterocycles. The molecule has 0 bridgehead atoms. The number of hydrogen-bond donors (Lipinski definition) is 3. The maximum Gasteiger partial charge on any atom is 0.307 e. The predicted molar refractivity (Wildman–Crippen MR) is 57.3 cm³/mol. The second-order valence-electron chi connectivity index (χ2n) is 3.50. The lowest BCUT2D eigenvalue weighted by Gasteiger charge is -2.13. The number of hydrogen-bond acceptors (Lipinski definition) is 3. The van der Waals surface area contributed by atoms with Crippen molar-refractivity contribution >= 4 is 11.9 Å². The number of carboxylic acid groups (broad SMARTS) is 1. The molecule has 0 radical (unpaired) electrons. The molecule has 0 aliphatic carbocycles. The molecule has 0 saturated heterocycles. The van der Waals surface area contributed by atoms with Gasteiger partial charge in [0.15, 0.2) is 0 Å². The van der Waals surface area contributed by atoms with Crippen molar-refractivity contribution in [3.8, 4) is 0 Å². The van der Waals surface area contributed by atoms with E-state index in [0.29, 0.717) is 6.42 Å². The number of aliphatic carboxylic acids is 1. The van der Waals surface area contributed by atoms with E-state index < -0.39 is 12.0 Å². The van der Waals surface area contributed by atoms with Crippen molar-refractivity contribution in [1.82, 2.24) is 5.32 Å². The van der Waals surface area contributed by atoms with E-state index in [1.807, 2.05) is 6.92 Å². The molecule has 0 aromatic rings. The molecule has 0 rings (SSSR count). The summed E-state index contributed by atoms with van der Waals surface area (Å²) < 4.78 is 0. The van der Waals surface area contributed by atoms with Gasteiger partial charge in [0.25, 0.3) is 0 Å². The largest absolute Gasteiger partial charge is 0.481 e. The van der Waals surface area contributed by atoms with Crippen molar-refractivity contribution in [3.63, 3.8) is 0 Å². The summed E-state index contributed by atoms with van der Waals surface area (Å²) in [7, 11) is 0. The van der Waals surface area contributed by atoms with E-state index in [0.717, 1.165) is 0 Å². The van der Waals surface area contributed by atoms with Gasteiger partial charge >= 0.3 is 5.97 Å². The van der Waals surface area contributed by atoms with Crippen LogP contribution in [-0.4, -0.2) is 29.1 Å². The molecule has 0 spiro atoms. The van der Waals surface area contributed by atoms with Gasteiger partial charge in [0.05, 0.1) is 12.5 Å². The summed E-state index contributed by atoms with van der Waals surface area (Å²) in [6.45, 7) is 3.45. The molecular formula is C10H18N2O3. The normalized spacial score (nSPS) is 14.9. The summed E-state index contributed by atoms with van der Waals surface area (Å²) in [6, 6.07) is -0.552. The molecular weight excluding hydrogens is 196 g/mol. The Hall–Kier alpha value is -1.36. The lowest BCUT2D eigenvalue weighted by Crippen LogP contribution is -2.42. The number of nitrogens with two attached hydrogens (primary N) is 1. The van der Waals surface area contributed by atoms with Gasteiger partial charge < -0.3 is 16.2 Å². The van der Waals surface area contributed by atoms with Crippen LogP contribution in [0.25, 0.3) is 0 Å². The molecule has 4 N–H and O–H groups in total. The average Bonchev–Trinajstić information content (AvgIpc) is 2.12. The van der Waals surface area contributed by atoms with E-state index in [2.05, 4.69) is 5.32 Å². The van der Waals surface area contributed by atoms with Gasteiger partial charge in [0.1, 0.15) is 0 Å². The monoisotopic (exact) mass is 214 g/mol. The smallest absolute Gasteiger partial charge is 0.307 e. The number of rotatable bonds is 6. The van der Waals surface area contributed by atoms with Crippen molar-refractivity contribution < 1.29 is 14.7 Å². The summed E-state index contributed by atoms with van der Waals surface area (Å²) in [4.78, 5) is 21.3. The fourth-order valence-corrected chi connectivity index (χ4v) is 0.918. The number of carbonyl (C=O) groups is 2. The van der Waals surface area contributed by atoms with Crippen molar-refractivity contribution in [3.05, 3.63) is 12.2 Å². The van der Waals surface area contributed by atoms with Crippen LogP contribution >= 0.6 is 0 Å². The van der Waals surface area contributed by atoms with Crippen LogP contribution < -0.4 is 11.1 Å². The molecule has 0 aromatic carbocycles. The van der Waals surface area contributed by atoms with E-state index in [-0.39, 0.29) is 18.4 Å².